The second-order valence-electron chi connectivity index (χ2n) is 3.57. The molecule has 0 aromatic carbocycles. The number of nitrogens with one attached hydrogen (secondary N) is 2. The molecule has 14 heavy (non-hydrogen) atoms. The lowest BCUT2D eigenvalue weighted by Gasteiger charge is -2.22. The van der Waals surface area contributed by atoms with Crippen LogP contribution in [-0.4, -0.2) is 62.4 Å². The average molecular weight is 202 g/mol. The van der Waals surface area contributed by atoms with Crippen molar-refractivity contribution in [3.8, 4) is 0 Å². The van der Waals surface area contributed by atoms with Crippen LogP contribution in [0, 0.1) is 0 Å². The summed E-state index contributed by atoms with van der Waals surface area (Å²) in [5.41, 5.74) is 0. The smallest absolute Gasteiger partial charge is 0.0270 e. The van der Waals surface area contributed by atoms with Crippen molar-refractivity contribution in [2.45, 2.75) is 0 Å². The zero-order valence-electron chi connectivity index (χ0n) is 8.71. The summed E-state index contributed by atoms with van der Waals surface area (Å²) in [4.78, 5) is 0. The van der Waals surface area contributed by atoms with E-state index in [1.807, 2.05) is 10.0 Å². The minimum absolute atomic E-state index is 0.818. The molecule has 1 heterocycles. The second-order valence-corrected chi connectivity index (χ2v) is 3.57. The molecule has 1 fully saturated rings. The van der Waals surface area contributed by atoms with Crippen molar-refractivity contribution in [2.24, 2.45) is 11.7 Å². The van der Waals surface area contributed by atoms with Gasteiger partial charge in [0.15, 0.2) is 0 Å². The van der Waals surface area contributed by atoms with Crippen LogP contribution in [0.2, 0.25) is 0 Å². The van der Waals surface area contributed by atoms with Gasteiger partial charge in [0.25, 0.3) is 0 Å². The Balaban J connectivity index is 2.22. The summed E-state index contributed by atoms with van der Waals surface area (Å²) in [5.74, 6) is 11.5. The number of rotatable bonds is 0. The third kappa shape index (κ3) is 5.48. The highest BCUT2D eigenvalue weighted by atomic mass is 15.4. The predicted octanol–water partition coefficient (Wildman–Crippen LogP) is -2.47. The lowest BCUT2D eigenvalue weighted by atomic mass is 10.4. The molecule has 0 spiro atoms. The minimum Gasteiger partial charge on any atom is -0.314 e. The van der Waals surface area contributed by atoms with Gasteiger partial charge in [-0.1, -0.05) is 0 Å². The van der Waals surface area contributed by atoms with Crippen molar-refractivity contribution >= 4 is 0 Å². The van der Waals surface area contributed by atoms with Gasteiger partial charge in [-0.2, -0.15) is 0 Å². The highest BCUT2D eigenvalue weighted by Crippen LogP contribution is 1.82. The van der Waals surface area contributed by atoms with Gasteiger partial charge < -0.3 is 10.6 Å². The topological polar surface area (TPSA) is 82.6 Å². The molecule has 0 aromatic heterocycles. The standard InChI is InChI=1S/C8H22N6/c9-13-5-3-11-1-2-12-4-6-14(10)8-7-13/h11-12H,1-10H2. The van der Waals surface area contributed by atoms with Crippen molar-refractivity contribution in [1.29, 1.82) is 0 Å². The molecule has 84 valence electrons. The zero-order valence-corrected chi connectivity index (χ0v) is 8.71. The highest BCUT2D eigenvalue weighted by Gasteiger charge is 2.03. The Kier molecular flexibility index (Phi) is 6.00. The Bertz CT molecular complexity index is 126. The fraction of sp³-hybridized carbons (Fsp3) is 1.00. The van der Waals surface area contributed by atoms with Crippen molar-refractivity contribution in [1.82, 2.24) is 20.7 Å². The third-order valence-corrected chi connectivity index (χ3v) is 2.30. The number of nitrogens with zero attached hydrogens (tertiary/aromatic N) is 2. The molecule has 0 amide bonds. The van der Waals surface area contributed by atoms with Crippen LogP contribution in [0.5, 0.6) is 0 Å². The molecule has 0 saturated carbocycles. The van der Waals surface area contributed by atoms with E-state index in [0.717, 1.165) is 52.4 Å². The highest BCUT2D eigenvalue weighted by molar-refractivity contribution is 4.61. The van der Waals surface area contributed by atoms with E-state index in [1.165, 1.54) is 0 Å². The zero-order chi connectivity index (χ0) is 10.2. The van der Waals surface area contributed by atoms with Crippen LogP contribution in [0.4, 0.5) is 0 Å². The van der Waals surface area contributed by atoms with Crippen molar-refractivity contribution in [3.05, 3.63) is 0 Å². The Morgan fingerprint density at radius 1 is 0.643 bits per heavy atom. The minimum atomic E-state index is 0.818. The van der Waals surface area contributed by atoms with E-state index in [-0.39, 0.29) is 0 Å². The normalized spacial score (nSPS) is 25.3. The summed E-state index contributed by atoms with van der Waals surface area (Å²) in [7, 11) is 0. The summed E-state index contributed by atoms with van der Waals surface area (Å²) >= 11 is 0. The maximum atomic E-state index is 5.77. The lowest BCUT2D eigenvalue weighted by Crippen LogP contribution is -2.47. The molecule has 1 saturated heterocycles. The summed E-state index contributed by atoms with van der Waals surface area (Å²) in [6.45, 7) is 7.21. The van der Waals surface area contributed by atoms with Crippen molar-refractivity contribution in [2.75, 3.05) is 52.4 Å². The molecule has 1 rings (SSSR count). The fourth-order valence-corrected chi connectivity index (χ4v) is 1.35. The van der Waals surface area contributed by atoms with E-state index in [1.54, 1.807) is 0 Å². The Hall–Kier alpha value is -0.240. The number of hydrazine groups is 2. The van der Waals surface area contributed by atoms with Crippen LogP contribution in [0.1, 0.15) is 0 Å². The van der Waals surface area contributed by atoms with Gasteiger partial charge >= 0.3 is 0 Å². The summed E-state index contributed by atoms with van der Waals surface area (Å²) < 4.78 is 0. The van der Waals surface area contributed by atoms with Gasteiger partial charge in [-0.25, -0.2) is 10.0 Å². The molecular weight excluding hydrogens is 180 g/mol. The van der Waals surface area contributed by atoms with Gasteiger partial charge in [0.2, 0.25) is 0 Å². The van der Waals surface area contributed by atoms with Crippen LogP contribution >= 0.6 is 0 Å². The first-order valence-electron chi connectivity index (χ1n) is 5.20. The van der Waals surface area contributed by atoms with Gasteiger partial charge in [0.05, 0.1) is 0 Å². The van der Waals surface area contributed by atoms with E-state index in [0.29, 0.717) is 0 Å². The van der Waals surface area contributed by atoms with Crippen LogP contribution in [0.25, 0.3) is 0 Å². The molecule has 0 radical (unpaired) electrons. The van der Waals surface area contributed by atoms with E-state index >= 15 is 0 Å². The van der Waals surface area contributed by atoms with E-state index in [4.69, 9.17) is 11.7 Å². The van der Waals surface area contributed by atoms with Gasteiger partial charge in [0, 0.05) is 52.4 Å². The fourth-order valence-electron chi connectivity index (χ4n) is 1.35. The number of hydrogen-bond donors (Lipinski definition) is 4. The average Bonchev–Trinajstić information content (AvgIpc) is 2.17. The Labute approximate surface area is 85.5 Å². The van der Waals surface area contributed by atoms with Crippen LogP contribution < -0.4 is 22.3 Å². The molecule has 6 nitrogen and oxygen atoms in total. The van der Waals surface area contributed by atoms with E-state index in [9.17, 15) is 0 Å². The van der Waals surface area contributed by atoms with E-state index in [2.05, 4.69) is 10.6 Å². The first kappa shape index (κ1) is 11.8. The molecule has 6 N–H and O–H groups in total. The molecule has 0 aromatic rings. The first-order valence-corrected chi connectivity index (χ1v) is 5.20. The van der Waals surface area contributed by atoms with Crippen LogP contribution in [0.15, 0.2) is 0 Å². The van der Waals surface area contributed by atoms with Crippen molar-refractivity contribution in [3.63, 3.8) is 0 Å². The molecular formula is C8H22N6. The summed E-state index contributed by atoms with van der Waals surface area (Å²) in [6, 6.07) is 0. The SMILES string of the molecule is NN1CCNCCNCCN(N)CC1. The first-order chi connectivity index (χ1) is 6.79. The Morgan fingerprint density at radius 3 is 1.50 bits per heavy atom. The molecule has 0 bridgehead atoms. The van der Waals surface area contributed by atoms with Gasteiger partial charge in [-0.05, 0) is 0 Å². The quantitative estimate of drug-likeness (QED) is 0.326. The maximum absolute atomic E-state index is 5.77. The van der Waals surface area contributed by atoms with Gasteiger partial charge in [0.1, 0.15) is 0 Å². The molecule has 1 aliphatic rings. The predicted molar refractivity (Wildman–Crippen MR) is 57.3 cm³/mol. The molecule has 6 heteroatoms. The molecule has 0 aliphatic carbocycles. The van der Waals surface area contributed by atoms with Crippen molar-refractivity contribution < 1.29 is 0 Å². The monoisotopic (exact) mass is 202 g/mol. The number of nitrogens with two attached hydrogens (primary N) is 2. The Morgan fingerprint density at radius 2 is 1.07 bits per heavy atom. The van der Waals surface area contributed by atoms with E-state index < -0.39 is 0 Å². The van der Waals surface area contributed by atoms with Gasteiger partial charge in [-0.3, -0.25) is 11.7 Å². The van der Waals surface area contributed by atoms with Crippen LogP contribution in [0.3, 0.4) is 0 Å². The molecule has 0 unspecified atom stereocenters. The van der Waals surface area contributed by atoms with Crippen LogP contribution in [-0.2, 0) is 0 Å². The van der Waals surface area contributed by atoms with Gasteiger partial charge in [-0.15, -0.1) is 0 Å². The lowest BCUT2D eigenvalue weighted by molar-refractivity contribution is 0.206. The summed E-state index contributed by atoms with van der Waals surface area (Å²) in [6.07, 6.45) is 0. The third-order valence-electron chi connectivity index (χ3n) is 2.30. The number of hydrogen-bond acceptors (Lipinski definition) is 6. The summed E-state index contributed by atoms with van der Waals surface area (Å²) in [5, 5.41) is 10.2. The molecule has 0 atom stereocenters. The maximum Gasteiger partial charge on any atom is 0.0270 e. The molecule has 1 aliphatic heterocycles. The largest absolute Gasteiger partial charge is 0.314 e. The second kappa shape index (κ2) is 7.10.